The first kappa shape index (κ1) is 16.5. The number of amides is 1. The summed E-state index contributed by atoms with van der Waals surface area (Å²) in [5, 5.41) is 7.47. The monoisotopic (exact) mass is 351 g/mol. The molecule has 0 saturated carbocycles. The van der Waals surface area contributed by atoms with Gasteiger partial charge in [0, 0.05) is 19.6 Å². The van der Waals surface area contributed by atoms with Crippen LogP contribution < -0.4 is 10.2 Å². The number of benzene rings is 1. The third-order valence-electron chi connectivity index (χ3n) is 4.69. The van der Waals surface area contributed by atoms with Gasteiger partial charge in [-0.25, -0.2) is 4.98 Å². The quantitative estimate of drug-likeness (QED) is 0.760. The van der Waals surface area contributed by atoms with Gasteiger partial charge in [0.15, 0.2) is 5.69 Å². The summed E-state index contributed by atoms with van der Waals surface area (Å²) in [6.45, 7) is 4.43. The van der Waals surface area contributed by atoms with Gasteiger partial charge < -0.3 is 14.7 Å². The molecule has 134 valence electrons. The molecule has 1 amide bonds. The van der Waals surface area contributed by atoms with Gasteiger partial charge in [0.1, 0.15) is 17.5 Å². The molecule has 26 heavy (non-hydrogen) atoms. The van der Waals surface area contributed by atoms with Crippen LogP contribution in [0.4, 0.5) is 5.82 Å². The summed E-state index contributed by atoms with van der Waals surface area (Å²) >= 11 is 0. The summed E-state index contributed by atoms with van der Waals surface area (Å²) in [5.74, 6) is 0.476. The van der Waals surface area contributed by atoms with E-state index in [4.69, 9.17) is 4.52 Å². The third-order valence-corrected chi connectivity index (χ3v) is 4.69. The third kappa shape index (κ3) is 3.24. The molecule has 1 aromatic carbocycles. The Kier molecular flexibility index (Phi) is 4.51. The second-order valence-corrected chi connectivity index (χ2v) is 6.59. The molecule has 1 aliphatic heterocycles. The van der Waals surface area contributed by atoms with Crippen molar-refractivity contribution in [2.24, 2.45) is 0 Å². The fourth-order valence-electron chi connectivity index (χ4n) is 3.25. The summed E-state index contributed by atoms with van der Waals surface area (Å²) in [6.07, 6.45) is 4.46. The molecule has 1 aliphatic rings. The van der Waals surface area contributed by atoms with Crippen LogP contribution in [-0.4, -0.2) is 40.7 Å². The van der Waals surface area contributed by atoms with Gasteiger partial charge in [0.25, 0.3) is 11.6 Å². The Morgan fingerprint density at radius 2 is 1.96 bits per heavy atom. The molecule has 0 atom stereocenters. The smallest absolute Gasteiger partial charge is 0.274 e. The molecule has 0 spiro atoms. The fraction of sp³-hybridized carbons (Fsp3) is 0.368. The van der Waals surface area contributed by atoms with Gasteiger partial charge in [0.05, 0.1) is 0 Å². The maximum absolute atomic E-state index is 12.6. The highest BCUT2D eigenvalue weighted by atomic mass is 16.5. The summed E-state index contributed by atoms with van der Waals surface area (Å²) in [5.41, 5.74) is 3.01. The number of hydrogen-bond donors (Lipinski definition) is 1. The van der Waals surface area contributed by atoms with E-state index >= 15 is 0 Å². The molecular weight excluding hydrogens is 330 g/mol. The van der Waals surface area contributed by atoms with E-state index < -0.39 is 0 Å². The second-order valence-electron chi connectivity index (χ2n) is 6.59. The number of aryl methyl sites for hydroxylation is 1. The Balaban J connectivity index is 1.50. The molecule has 3 aromatic rings. The van der Waals surface area contributed by atoms with Crippen molar-refractivity contribution in [3.63, 3.8) is 0 Å². The zero-order valence-corrected chi connectivity index (χ0v) is 14.7. The zero-order chi connectivity index (χ0) is 17.9. The van der Waals surface area contributed by atoms with E-state index in [1.807, 2.05) is 0 Å². The van der Waals surface area contributed by atoms with Crippen molar-refractivity contribution in [2.75, 3.05) is 24.5 Å². The van der Waals surface area contributed by atoms with Gasteiger partial charge in [-0.2, -0.15) is 4.98 Å². The van der Waals surface area contributed by atoms with Crippen LogP contribution in [0.3, 0.4) is 0 Å². The topological polar surface area (TPSA) is 84.2 Å². The van der Waals surface area contributed by atoms with E-state index in [0.717, 1.165) is 38.2 Å². The van der Waals surface area contributed by atoms with Crippen molar-refractivity contribution < 1.29 is 9.32 Å². The first-order valence-electron chi connectivity index (χ1n) is 8.91. The lowest BCUT2D eigenvalue weighted by Crippen LogP contribution is -2.27. The molecule has 0 bridgehead atoms. The van der Waals surface area contributed by atoms with Gasteiger partial charge in [-0.1, -0.05) is 35.0 Å². The average molecular weight is 351 g/mol. The highest BCUT2D eigenvalue weighted by molar-refractivity contribution is 6.07. The molecule has 7 nitrogen and oxygen atoms in total. The summed E-state index contributed by atoms with van der Waals surface area (Å²) in [6, 6.07) is 8.29. The maximum Gasteiger partial charge on any atom is 0.274 e. The summed E-state index contributed by atoms with van der Waals surface area (Å²) in [4.78, 5) is 23.3. The normalized spacial score (nSPS) is 14.1. The van der Waals surface area contributed by atoms with E-state index in [-0.39, 0.29) is 11.6 Å². The van der Waals surface area contributed by atoms with E-state index in [9.17, 15) is 4.79 Å². The molecule has 4 rings (SSSR count). The predicted molar refractivity (Wildman–Crippen MR) is 98.3 cm³/mol. The van der Waals surface area contributed by atoms with Crippen molar-refractivity contribution in [3.05, 3.63) is 47.4 Å². The van der Waals surface area contributed by atoms with Crippen LogP contribution in [0, 0.1) is 6.92 Å². The van der Waals surface area contributed by atoms with Gasteiger partial charge in [0.2, 0.25) is 0 Å². The molecule has 1 saturated heterocycles. The fourth-order valence-corrected chi connectivity index (χ4v) is 3.25. The molecule has 3 heterocycles. The molecule has 0 radical (unpaired) electrons. The lowest BCUT2D eigenvalue weighted by Gasteiger charge is -2.16. The van der Waals surface area contributed by atoms with Crippen LogP contribution in [0.5, 0.6) is 0 Å². The van der Waals surface area contributed by atoms with Crippen LogP contribution in [-0.2, 0) is 6.42 Å². The van der Waals surface area contributed by atoms with E-state index in [1.165, 1.54) is 17.5 Å². The van der Waals surface area contributed by atoms with E-state index in [1.54, 1.807) is 0 Å². The number of hydrogen-bond acceptors (Lipinski definition) is 6. The number of nitrogens with one attached hydrogen (secondary N) is 1. The molecule has 2 aromatic heterocycles. The lowest BCUT2D eigenvalue weighted by atomic mass is 10.1. The van der Waals surface area contributed by atoms with Crippen LogP contribution >= 0.6 is 0 Å². The first-order chi connectivity index (χ1) is 12.7. The van der Waals surface area contributed by atoms with Crippen molar-refractivity contribution in [2.45, 2.75) is 26.2 Å². The lowest BCUT2D eigenvalue weighted by molar-refractivity contribution is 0.0946. The summed E-state index contributed by atoms with van der Waals surface area (Å²) < 4.78 is 5.26. The molecule has 1 N–H and O–H groups in total. The first-order valence-corrected chi connectivity index (χ1v) is 8.91. The average Bonchev–Trinajstić information content (AvgIpc) is 3.33. The van der Waals surface area contributed by atoms with Crippen LogP contribution in [0.15, 0.2) is 35.1 Å². The van der Waals surface area contributed by atoms with E-state index in [0.29, 0.717) is 17.6 Å². The molecule has 0 unspecified atom stereocenters. The number of carbonyl (C=O) groups is 1. The van der Waals surface area contributed by atoms with Crippen molar-refractivity contribution in [3.8, 4) is 0 Å². The number of rotatable bonds is 5. The minimum atomic E-state index is -0.258. The van der Waals surface area contributed by atoms with Crippen molar-refractivity contribution in [1.29, 1.82) is 0 Å². The number of aromatic nitrogens is 3. The maximum atomic E-state index is 12.6. The van der Waals surface area contributed by atoms with Crippen LogP contribution in [0.2, 0.25) is 0 Å². The van der Waals surface area contributed by atoms with Gasteiger partial charge in [-0.3, -0.25) is 4.79 Å². The second kappa shape index (κ2) is 7.11. The van der Waals surface area contributed by atoms with Crippen LogP contribution in [0.25, 0.3) is 11.1 Å². The van der Waals surface area contributed by atoms with Gasteiger partial charge >= 0.3 is 0 Å². The number of anilines is 1. The number of nitrogens with zero attached hydrogens (tertiary/aromatic N) is 4. The SMILES string of the molecule is Cc1ccc(CCNC(=O)c2noc3ncnc(N4CCCC4)c23)cc1. The van der Waals surface area contributed by atoms with Crippen molar-refractivity contribution >= 4 is 22.8 Å². The van der Waals surface area contributed by atoms with E-state index in [2.05, 4.69) is 56.5 Å². The Hall–Kier alpha value is -2.96. The summed E-state index contributed by atoms with van der Waals surface area (Å²) in [7, 11) is 0. The zero-order valence-electron chi connectivity index (χ0n) is 14.7. The Labute approximate surface area is 151 Å². The minimum Gasteiger partial charge on any atom is -0.356 e. The Morgan fingerprint density at radius 1 is 1.19 bits per heavy atom. The molecule has 0 aliphatic carbocycles. The standard InChI is InChI=1S/C19H21N5O2/c1-13-4-6-14(7-5-13)8-9-20-18(25)16-15-17(24-10-2-3-11-24)21-12-22-19(15)26-23-16/h4-7,12H,2-3,8-11H2,1H3,(H,20,25). The highest BCUT2D eigenvalue weighted by Crippen LogP contribution is 2.28. The number of carbonyl (C=O) groups excluding carboxylic acids is 1. The largest absolute Gasteiger partial charge is 0.356 e. The highest BCUT2D eigenvalue weighted by Gasteiger charge is 2.25. The van der Waals surface area contributed by atoms with Crippen molar-refractivity contribution in [1.82, 2.24) is 20.4 Å². The molecule has 7 heteroatoms. The Bertz CT molecular complexity index is 913. The van der Waals surface area contributed by atoms with Gasteiger partial charge in [-0.05, 0) is 31.7 Å². The molecule has 1 fully saturated rings. The Morgan fingerprint density at radius 3 is 2.73 bits per heavy atom. The number of fused-ring (bicyclic) bond motifs is 1. The van der Waals surface area contributed by atoms with Gasteiger partial charge in [-0.15, -0.1) is 0 Å². The van der Waals surface area contributed by atoms with Crippen LogP contribution in [0.1, 0.15) is 34.5 Å². The molecular formula is C19H21N5O2. The minimum absolute atomic E-state index is 0.256. The predicted octanol–water partition coefficient (Wildman–Crippen LogP) is 2.50.